The Kier molecular flexibility index (Phi) is 6.32. The van der Waals surface area contributed by atoms with Crippen molar-refractivity contribution in [3.8, 4) is 5.75 Å². The summed E-state index contributed by atoms with van der Waals surface area (Å²) in [6, 6.07) is 30.1. The predicted molar refractivity (Wildman–Crippen MR) is 132 cm³/mol. The second kappa shape index (κ2) is 9.33. The van der Waals surface area contributed by atoms with E-state index in [-0.39, 0.29) is 23.1 Å². The Hall–Kier alpha value is -3.85. The van der Waals surface area contributed by atoms with Crippen LogP contribution in [-0.4, -0.2) is 16.2 Å². The van der Waals surface area contributed by atoms with Crippen LogP contribution < -0.4 is 0 Å². The van der Waals surface area contributed by atoms with Crippen LogP contribution in [0.1, 0.15) is 68.1 Å². The molecule has 0 fully saturated rings. The average Bonchev–Trinajstić information content (AvgIpc) is 2.82. The molecule has 0 heterocycles. The summed E-state index contributed by atoms with van der Waals surface area (Å²) in [5, 5.41) is 20.8. The van der Waals surface area contributed by atoms with Crippen molar-refractivity contribution in [1.29, 1.82) is 0 Å². The molecule has 166 valence electrons. The molecule has 0 aliphatic heterocycles. The molecule has 0 aliphatic carbocycles. The normalized spacial score (nSPS) is 12.0. The number of hydrogen-bond donors (Lipinski definition) is 2. The summed E-state index contributed by atoms with van der Waals surface area (Å²) in [7, 11) is 0. The van der Waals surface area contributed by atoms with Crippen LogP contribution in [0.15, 0.2) is 91.0 Å². The summed E-state index contributed by atoms with van der Waals surface area (Å²) in [6.45, 7) is 6.09. The van der Waals surface area contributed by atoms with Crippen molar-refractivity contribution in [3.63, 3.8) is 0 Å². The summed E-state index contributed by atoms with van der Waals surface area (Å²) >= 11 is 0. The number of carboxylic acid groups (broad SMARTS) is 1. The van der Waals surface area contributed by atoms with Crippen LogP contribution in [0.2, 0.25) is 0 Å². The van der Waals surface area contributed by atoms with Crippen LogP contribution >= 0.6 is 0 Å². The van der Waals surface area contributed by atoms with Crippen molar-refractivity contribution in [2.75, 3.05) is 0 Å². The van der Waals surface area contributed by atoms with Gasteiger partial charge in [0.2, 0.25) is 0 Å². The molecule has 3 heteroatoms. The van der Waals surface area contributed by atoms with Gasteiger partial charge in [-0.3, -0.25) is 0 Å². The van der Waals surface area contributed by atoms with Gasteiger partial charge in [0.05, 0.1) is 0 Å². The highest BCUT2D eigenvalue weighted by Gasteiger charge is 2.25. The lowest BCUT2D eigenvalue weighted by atomic mass is 9.81. The molecule has 0 saturated carbocycles. The molecule has 3 nitrogen and oxygen atoms in total. The van der Waals surface area contributed by atoms with E-state index in [1.165, 1.54) is 0 Å². The van der Waals surface area contributed by atoms with Crippen LogP contribution in [-0.2, 0) is 0 Å². The highest BCUT2D eigenvalue weighted by Crippen LogP contribution is 2.40. The molecule has 0 saturated heterocycles. The van der Waals surface area contributed by atoms with Crippen molar-refractivity contribution in [1.82, 2.24) is 0 Å². The van der Waals surface area contributed by atoms with E-state index in [4.69, 9.17) is 0 Å². The fourth-order valence-electron chi connectivity index (χ4n) is 4.36. The number of benzene rings is 4. The fraction of sp³-hybridized carbons (Fsp3) is 0.167. The quantitative estimate of drug-likeness (QED) is 0.319. The van der Waals surface area contributed by atoms with Crippen molar-refractivity contribution in [3.05, 3.63) is 136 Å². The Balaban J connectivity index is 1.94. The number of aryl methyl sites for hydroxylation is 2. The van der Waals surface area contributed by atoms with Gasteiger partial charge in [-0.1, -0.05) is 103 Å². The van der Waals surface area contributed by atoms with Crippen LogP contribution in [0.3, 0.4) is 0 Å². The Morgan fingerprint density at radius 3 is 1.70 bits per heavy atom. The van der Waals surface area contributed by atoms with E-state index >= 15 is 0 Å². The van der Waals surface area contributed by atoms with E-state index in [0.717, 1.165) is 33.4 Å². The first kappa shape index (κ1) is 22.3. The summed E-state index contributed by atoms with van der Waals surface area (Å²) < 4.78 is 0. The maximum absolute atomic E-state index is 12.1. The zero-order chi connectivity index (χ0) is 23.5. The van der Waals surface area contributed by atoms with Gasteiger partial charge in [0, 0.05) is 17.4 Å². The van der Waals surface area contributed by atoms with Gasteiger partial charge >= 0.3 is 5.97 Å². The summed E-state index contributed by atoms with van der Waals surface area (Å²) in [5.74, 6) is -1.64. The lowest BCUT2D eigenvalue weighted by Crippen LogP contribution is -2.09. The highest BCUT2D eigenvalue weighted by atomic mass is 16.4. The minimum absolute atomic E-state index is 0.0745. The van der Waals surface area contributed by atoms with Gasteiger partial charge in [-0.25, -0.2) is 4.79 Å². The number of rotatable bonds is 6. The van der Waals surface area contributed by atoms with Gasteiger partial charge in [-0.2, -0.15) is 0 Å². The molecule has 4 aromatic rings. The lowest BCUT2D eigenvalue weighted by Gasteiger charge is -2.23. The second-order valence-electron chi connectivity index (χ2n) is 8.70. The van der Waals surface area contributed by atoms with Gasteiger partial charge in [0.1, 0.15) is 11.3 Å². The summed E-state index contributed by atoms with van der Waals surface area (Å²) in [4.78, 5) is 12.1. The largest absolute Gasteiger partial charge is 0.507 e. The number of phenols is 1. The molecule has 0 radical (unpaired) electrons. The van der Waals surface area contributed by atoms with Crippen molar-refractivity contribution >= 4 is 5.97 Å². The van der Waals surface area contributed by atoms with Crippen molar-refractivity contribution < 1.29 is 15.0 Å². The molecule has 1 atom stereocenters. The minimum Gasteiger partial charge on any atom is -0.507 e. The number of carboxylic acids is 1. The van der Waals surface area contributed by atoms with E-state index < -0.39 is 5.97 Å². The van der Waals surface area contributed by atoms with Gasteiger partial charge in [0.15, 0.2) is 0 Å². The standard InChI is InChI=1S/C30H28O3/c1-19-9-13-23(14-10-19)28(24-15-11-20(2)12-16-24)25-17-26(29(31)27(18-25)30(32)33)21(3)22-7-5-4-6-8-22/h4-18,21,28,31H,1-3H3,(H,32,33). The fourth-order valence-corrected chi connectivity index (χ4v) is 4.36. The van der Waals surface area contributed by atoms with Gasteiger partial charge in [-0.05, 0) is 42.2 Å². The molecule has 1 unspecified atom stereocenters. The molecule has 0 bridgehead atoms. The van der Waals surface area contributed by atoms with Crippen molar-refractivity contribution in [2.45, 2.75) is 32.6 Å². The third-order valence-electron chi connectivity index (χ3n) is 6.31. The van der Waals surface area contributed by atoms with Crippen LogP contribution in [0.4, 0.5) is 0 Å². The van der Waals surface area contributed by atoms with E-state index in [0.29, 0.717) is 5.56 Å². The van der Waals surface area contributed by atoms with Crippen molar-refractivity contribution in [2.24, 2.45) is 0 Å². The lowest BCUT2D eigenvalue weighted by molar-refractivity contribution is 0.0693. The zero-order valence-corrected chi connectivity index (χ0v) is 19.1. The van der Waals surface area contributed by atoms with Crippen LogP contribution in [0, 0.1) is 13.8 Å². The Labute approximate surface area is 195 Å². The Bertz CT molecular complexity index is 1210. The molecule has 2 N–H and O–H groups in total. The Morgan fingerprint density at radius 2 is 1.21 bits per heavy atom. The monoisotopic (exact) mass is 436 g/mol. The van der Waals surface area contributed by atoms with E-state index in [1.807, 2.05) is 57.2 Å². The molecule has 0 aliphatic rings. The molecule has 0 aromatic heterocycles. The van der Waals surface area contributed by atoms with Crippen LogP contribution in [0.5, 0.6) is 5.75 Å². The number of aromatic carboxylic acids is 1. The predicted octanol–water partition coefficient (Wildman–Crippen LogP) is 7.04. The molecule has 0 spiro atoms. The smallest absolute Gasteiger partial charge is 0.339 e. The molecule has 4 rings (SSSR count). The minimum atomic E-state index is -1.14. The first-order chi connectivity index (χ1) is 15.8. The second-order valence-corrected chi connectivity index (χ2v) is 8.70. The molecule has 4 aromatic carbocycles. The number of hydrogen-bond acceptors (Lipinski definition) is 2. The maximum atomic E-state index is 12.1. The molecular formula is C30H28O3. The number of aromatic hydroxyl groups is 1. The van der Waals surface area contributed by atoms with E-state index in [2.05, 4.69) is 48.5 Å². The molecule has 33 heavy (non-hydrogen) atoms. The van der Waals surface area contributed by atoms with Crippen LogP contribution in [0.25, 0.3) is 0 Å². The third kappa shape index (κ3) is 4.68. The van der Waals surface area contributed by atoms with E-state index in [9.17, 15) is 15.0 Å². The zero-order valence-electron chi connectivity index (χ0n) is 19.1. The third-order valence-corrected chi connectivity index (χ3v) is 6.31. The highest BCUT2D eigenvalue weighted by molar-refractivity contribution is 5.92. The first-order valence-electron chi connectivity index (χ1n) is 11.1. The van der Waals surface area contributed by atoms with Gasteiger partial charge in [0.25, 0.3) is 0 Å². The first-order valence-corrected chi connectivity index (χ1v) is 11.1. The number of carbonyl (C=O) groups is 1. The SMILES string of the molecule is Cc1ccc(C(c2ccc(C)cc2)c2cc(C(=O)O)c(O)c(C(C)c3ccccc3)c2)cc1. The average molecular weight is 437 g/mol. The Morgan fingerprint density at radius 1 is 0.697 bits per heavy atom. The molecular weight excluding hydrogens is 408 g/mol. The summed E-state index contributed by atoms with van der Waals surface area (Å²) in [5.41, 5.74) is 6.87. The van der Waals surface area contributed by atoms with Gasteiger partial charge < -0.3 is 10.2 Å². The summed E-state index contributed by atoms with van der Waals surface area (Å²) in [6.07, 6.45) is 0. The van der Waals surface area contributed by atoms with Gasteiger partial charge in [-0.15, -0.1) is 0 Å². The topological polar surface area (TPSA) is 57.5 Å². The maximum Gasteiger partial charge on any atom is 0.339 e. The van der Waals surface area contributed by atoms with E-state index in [1.54, 1.807) is 6.07 Å². The molecule has 0 amide bonds.